The number of rotatable bonds is 2. The first-order chi connectivity index (χ1) is 9.10. The molecule has 1 amide bonds. The summed E-state index contributed by atoms with van der Waals surface area (Å²) >= 11 is 7.36. The van der Waals surface area contributed by atoms with Gasteiger partial charge in [-0.1, -0.05) is 11.6 Å². The van der Waals surface area contributed by atoms with Crippen molar-refractivity contribution in [2.24, 2.45) is 0 Å². The van der Waals surface area contributed by atoms with Crippen LogP contribution in [0, 0.1) is 11.3 Å². The molecule has 1 aromatic rings. The van der Waals surface area contributed by atoms with Crippen LogP contribution in [0.1, 0.15) is 23.2 Å². The van der Waals surface area contributed by atoms with Gasteiger partial charge < -0.3 is 4.90 Å². The molecule has 2 rings (SSSR count). The van der Waals surface area contributed by atoms with E-state index in [0.29, 0.717) is 36.6 Å². The number of nitriles is 1. The standard InChI is InChI=1S/C13H14ClN3OS/c1-19-13(9-15)3-6-17(7-4-13)12(18)10-2-5-16-11(14)8-10/h2,5,8H,3-4,6-7H2,1H3. The van der Waals surface area contributed by atoms with Crippen molar-refractivity contribution in [3.8, 4) is 6.07 Å². The number of hydrogen-bond acceptors (Lipinski definition) is 4. The van der Waals surface area contributed by atoms with Crippen LogP contribution in [0.2, 0.25) is 5.15 Å². The Bertz CT molecular complexity index is 521. The van der Waals surface area contributed by atoms with Gasteiger partial charge in [0.1, 0.15) is 9.90 Å². The average molecular weight is 296 g/mol. The Labute approximate surface area is 121 Å². The van der Waals surface area contributed by atoms with Crippen LogP contribution in [-0.2, 0) is 0 Å². The summed E-state index contributed by atoms with van der Waals surface area (Å²) in [4.78, 5) is 17.9. The Morgan fingerprint density at radius 1 is 1.58 bits per heavy atom. The lowest BCUT2D eigenvalue weighted by Crippen LogP contribution is -2.44. The third kappa shape index (κ3) is 3.02. The first-order valence-electron chi connectivity index (χ1n) is 5.97. The Hall–Kier alpha value is -1.25. The number of thioether (sulfide) groups is 1. The van der Waals surface area contributed by atoms with Gasteiger partial charge in [-0.3, -0.25) is 4.79 Å². The van der Waals surface area contributed by atoms with Crippen molar-refractivity contribution < 1.29 is 4.79 Å². The van der Waals surface area contributed by atoms with Gasteiger partial charge in [0.2, 0.25) is 0 Å². The van der Waals surface area contributed by atoms with Gasteiger partial charge in [0, 0.05) is 24.8 Å². The summed E-state index contributed by atoms with van der Waals surface area (Å²) in [5.41, 5.74) is 0.550. The molecule has 0 aliphatic carbocycles. The molecule has 0 N–H and O–H groups in total. The molecule has 1 aliphatic rings. The van der Waals surface area contributed by atoms with E-state index in [1.54, 1.807) is 28.8 Å². The Morgan fingerprint density at radius 2 is 2.26 bits per heavy atom. The van der Waals surface area contributed by atoms with E-state index in [9.17, 15) is 10.1 Å². The number of aromatic nitrogens is 1. The van der Waals surface area contributed by atoms with Crippen LogP contribution < -0.4 is 0 Å². The molecule has 19 heavy (non-hydrogen) atoms. The second-order valence-corrected chi connectivity index (χ2v) is 6.05. The monoisotopic (exact) mass is 295 g/mol. The average Bonchev–Trinajstić information content (AvgIpc) is 2.46. The quantitative estimate of drug-likeness (QED) is 0.787. The zero-order chi connectivity index (χ0) is 13.9. The summed E-state index contributed by atoms with van der Waals surface area (Å²) in [6, 6.07) is 5.60. The van der Waals surface area contributed by atoms with Gasteiger partial charge in [-0.05, 0) is 31.2 Å². The zero-order valence-corrected chi connectivity index (χ0v) is 12.2. The molecule has 4 nitrogen and oxygen atoms in total. The largest absolute Gasteiger partial charge is 0.338 e. The number of carbonyl (C=O) groups excluding carboxylic acids is 1. The fourth-order valence-corrected chi connectivity index (χ4v) is 3.01. The molecule has 0 saturated carbocycles. The second kappa shape index (κ2) is 5.81. The maximum atomic E-state index is 12.3. The molecule has 0 aromatic carbocycles. The fourth-order valence-electron chi connectivity index (χ4n) is 2.15. The van der Waals surface area contributed by atoms with E-state index in [2.05, 4.69) is 11.1 Å². The van der Waals surface area contributed by atoms with Crippen molar-refractivity contribution in [1.82, 2.24) is 9.88 Å². The normalized spacial score (nSPS) is 17.8. The van der Waals surface area contributed by atoms with Crippen molar-refractivity contribution in [3.63, 3.8) is 0 Å². The third-order valence-corrected chi connectivity index (χ3v) is 4.91. The molecular formula is C13H14ClN3OS. The van der Waals surface area contributed by atoms with E-state index < -0.39 is 0 Å². The number of carbonyl (C=O) groups is 1. The summed E-state index contributed by atoms with van der Waals surface area (Å²) in [5.74, 6) is -0.0445. The van der Waals surface area contributed by atoms with E-state index in [4.69, 9.17) is 11.6 Å². The molecule has 0 radical (unpaired) electrons. The van der Waals surface area contributed by atoms with Crippen LogP contribution in [0.3, 0.4) is 0 Å². The summed E-state index contributed by atoms with van der Waals surface area (Å²) in [7, 11) is 0. The van der Waals surface area contributed by atoms with Crippen LogP contribution in [-0.4, -0.2) is 39.9 Å². The number of likely N-dealkylation sites (tertiary alicyclic amines) is 1. The van der Waals surface area contributed by atoms with Crippen molar-refractivity contribution >= 4 is 29.3 Å². The van der Waals surface area contributed by atoms with Crippen LogP contribution in [0.15, 0.2) is 18.3 Å². The minimum Gasteiger partial charge on any atom is -0.338 e. The minimum absolute atomic E-state index is 0.0445. The van der Waals surface area contributed by atoms with Crippen molar-refractivity contribution in [2.75, 3.05) is 19.3 Å². The van der Waals surface area contributed by atoms with Crippen molar-refractivity contribution in [3.05, 3.63) is 29.0 Å². The first-order valence-corrected chi connectivity index (χ1v) is 7.58. The predicted octanol–water partition coefficient (Wildman–Crippen LogP) is 2.60. The third-order valence-electron chi connectivity index (χ3n) is 3.43. The maximum absolute atomic E-state index is 12.3. The number of halogens is 1. The Morgan fingerprint density at radius 3 is 2.79 bits per heavy atom. The van der Waals surface area contributed by atoms with Gasteiger partial charge in [0.25, 0.3) is 5.91 Å². The molecule has 0 atom stereocenters. The summed E-state index contributed by atoms with van der Waals surface area (Å²) in [6.45, 7) is 1.21. The van der Waals surface area contributed by atoms with Crippen LogP contribution in [0.5, 0.6) is 0 Å². The minimum atomic E-state index is -0.341. The number of piperidine rings is 1. The number of amides is 1. The van der Waals surface area contributed by atoms with E-state index in [1.807, 2.05) is 6.26 Å². The summed E-state index contributed by atoms with van der Waals surface area (Å²) < 4.78 is -0.341. The van der Waals surface area contributed by atoms with Crippen molar-refractivity contribution in [1.29, 1.82) is 5.26 Å². The maximum Gasteiger partial charge on any atom is 0.254 e. The molecule has 1 aliphatic heterocycles. The van der Waals surface area contributed by atoms with Gasteiger partial charge in [-0.15, -0.1) is 11.8 Å². The van der Waals surface area contributed by atoms with Crippen molar-refractivity contribution in [2.45, 2.75) is 17.6 Å². The predicted molar refractivity (Wildman–Crippen MR) is 76.2 cm³/mol. The lowest BCUT2D eigenvalue weighted by atomic mass is 9.97. The number of pyridine rings is 1. The molecule has 1 saturated heterocycles. The highest BCUT2D eigenvalue weighted by atomic mass is 35.5. The van der Waals surface area contributed by atoms with E-state index in [0.717, 1.165) is 0 Å². The molecule has 1 fully saturated rings. The molecule has 100 valence electrons. The Kier molecular flexibility index (Phi) is 4.33. The lowest BCUT2D eigenvalue weighted by Gasteiger charge is -2.36. The topological polar surface area (TPSA) is 57.0 Å². The molecule has 6 heteroatoms. The first kappa shape index (κ1) is 14.2. The summed E-state index contributed by atoms with van der Waals surface area (Å²) in [6.07, 6.45) is 4.88. The van der Waals surface area contributed by atoms with Gasteiger partial charge in [0.05, 0.1) is 6.07 Å². The SMILES string of the molecule is CSC1(C#N)CCN(C(=O)c2ccnc(Cl)c2)CC1. The lowest BCUT2D eigenvalue weighted by molar-refractivity contribution is 0.0716. The zero-order valence-electron chi connectivity index (χ0n) is 10.6. The molecule has 2 heterocycles. The Balaban J connectivity index is 2.06. The second-order valence-electron chi connectivity index (χ2n) is 4.47. The molecular weight excluding hydrogens is 282 g/mol. The fraction of sp³-hybridized carbons (Fsp3) is 0.462. The smallest absolute Gasteiger partial charge is 0.254 e. The van der Waals surface area contributed by atoms with E-state index in [1.165, 1.54) is 6.20 Å². The highest BCUT2D eigenvalue weighted by Crippen LogP contribution is 2.34. The van der Waals surface area contributed by atoms with E-state index in [-0.39, 0.29) is 10.7 Å². The van der Waals surface area contributed by atoms with Crippen LogP contribution in [0.25, 0.3) is 0 Å². The highest BCUT2D eigenvalue weighted by Gasteiger charge is 2.35. The molecule has 0 unspecified atom stereocenters. The summed E-state index contributed by atoms with van der Waals surface area (Å²) in [5, 5.41) is 9.54. The van der Waals surface area contributed by atoms with Gasteiger partial charge in [0.15, 0.2) is 0 Å². The molecule has 0 spiro atoms. The number of hydrogen-bond donors (Lipinski definition) is 0. The van der Waals surface area contributed by atoms with Gasteiger partial charge in [-0.25, -0.2) is 4.98 Å². The van der Waals surface area contributed by atoms with Gasteiger partial charge >= 0.3 is 0 Å². The van der Waals surface area contributed by atoms with Gasteiger partial charge in [-0.2, -0.15) is 5.26 Å². The molecule has 1 aromatic heterocycles. The van der Waals surface area contributed by atoms with Crippen LogP contribution >= 0.6 is 23.4 Å². The number of nitrogens with zero attached hydrogens (tertiary/aromatic N) is 3. The highest BCUT2D eigenvalue weighted by molar-refractivity contribution is 8.00. The van der Waals surface area contributed by atoms with E-state index >= 15 is 0 Å². The van der Waals surface area contributed by atoms with Crippen LogP contribution in [0.4, 0.5) is 0 Å². The molecule has 0 bridgehead atoms.